The number of fused-ring (bicyclic) bond motifs is 1. The van der Waals surface area contributed by atoms with Gasteiger partial charge < -0.3 is 14.4 Å². The summed E-state index contributed by atoms with van der Waals surface area (Å²) in [6.45, 7) is 13.1. The van der Waals surface area contributed by atoms with Crippen LogP contribution in [0.15, 0.2) is 0 Å². The van der Waals surface area contributed by atoms with E-state index in [1.807, 2.05) is 34.6 Å². The molecule has 2 aliphatic rings. The van der Waals surface area contributed by atoms with Crippen molar-refractivity contribution in [3.8, 4) is 0 Å². The number of nitrogens with zero attached hydrogens (tertiary/aromatic N) is 1. The van der Waals surface area contributed by atoms with Crippen LogP contribution in [0.4, 0.5) is 4.79 Å². The van der Waals surface area contributed by atoms with E-state index in [-0.39, 0.29) is 29.3 Å². The van der Waals surface area contributed by atoms with E-state index in [1.54, 1.807) is 12.0 Å². The van der Waals surface area contributed by atoms with Crippen LogP contribution in [-0.4, -0.2) is 48.7 Å². The van der Waals surface area contributed by atoms with Crippen LogP contribution in [0.25, 0.3) is 0 Å². The van der Waals surface area contributed by atoms with Crippen molar-refractivity contribution in [1.29, 1.82) is 0 Å². The third-order valence-electron chi connectivity index (χ3n) is 5.47. The molecule has 2 rings (SSSR count). The number of hydrogen-bond donors (Lipinski definition) is 0. The van der Waals surface area contributed by atoms with Crippen LogP contribution in [0.2, 0.25) is 0 Å². The van der Waals surface area contributed by atoms with Crippen LogP contribution in [0, 0.1) is 16.7 Å². The second-order valence-corrected chi connectivity index (χ2v) is 8.91. The van der Waals surface area contributed by atoms with E-state index in [1.165, 1.54) is 0 Å². The Morgan fingerprint density at radius 3 is 2.39 bits per heavy atom. The van der Waals surface area contributed by atoms with E-state index in [0.29, 0.717) is 19.5 Å². The molecule has 5 nitrogen and oxygen atoms in total. The van der Waals surface area contributed by atoms with Gasteiger partial charge in [-0.2, -0.15) is 0 Å². The smallest absolute Gasteiger partial charge is 0.410 e. The average molecular weight is 325 g/mol. The summed E-state index contributed by atoms with van der Waals surface area (Å²) in [4.78, 5) is 26.9. The molecule has 0 aromatic carbocycles. The third-order valence-corrected chi connectivity index (χ3v) is 5.47. The van der Waals surface area contributed by atoms with E-state index >= 15 is 0 Å². The molecule has 0 spiro atoms. The first-order chi connectivity index (χ1) is 10.4. The molecule has 2 fully saturated rings. The molecule has 1 saturated heterocycles. The number of ketones is 1. The molecule has 1 unspecified atom stereocenters. The fourth-order valence-electron chi connectivity index (χ4n) is 4.47. The standard InChI is InChI=1S/C18H31NO4/c1-16(2,3)23-15(21)19-9-8-13-17(4,5)14(20)12(22-7)10-18(13,6)11-19/h12-13H,8-11H2,1-7H3/t12?,13-,18+/m1/s1. The summed E-state index contributed by atoms with van der Waals surface area (Å²) < 4.78 is 11.0. The Morgan fingerprint density at radius 1 is 1.26 bits per heavy atom. The molecule has 1 aliphatic carbocycles. The second kappa shape index (κ2) is 5.76. The molecular weight excluding hydrogens is 294 g/mol. The van der Waals surface area contributed by atoms with Gasteiger partial charge in [-0.1, -0.05) is 20.8 Å². The van der Waals surface area contributed by atoms with Crippen molar-refractivity contribution in [2.75, 3.05) is 20.2 Å². The SMILES string of the molecule is COC1C[C@@]2(C)CN(C(=O)OC(C)(C)C)CC[C@@H]2C(C)(C)C1=O. The second-order valence-electron chi connectivity index (χ2n) is 8.91. The molecule has 132 valence electrons. The van der Waals surface area contributed by atoms with Crippen molar-refractivity contribution in [2.24, 2.45) is 16.7 Å². The lowest BCUT2D eigenvalue weighted by atomic mass is 9.53. The lowest BCUT2D eigenvalue weighted by Crippen LogP contribution is -2.61. The molecule has 1 amide bonds. The third kappa shape index (κ3) is 3.39. The van der Waals surface area contributed by atoms with Crippen molar-refractivity contribution in [1.82, 2.24) is 4.90 Å². The van der Waals surface area contributed by atoms with Crippen LogP contribution in [-0.2, 0) is 14.3 Å². The maximum absolute atomic E-state index is 12.6. The molecule has 5 heteroatoms. The first kappa shape index (κ1) is 18.2. The van der Waals surface area contributed by atoms with Crippen LogP contribution < -0.4 is 0 Å². The number of ether oxygens (including phenoxy) is 2. The quantitative estimate of drug-likeness (QED) is 0.742. The number of methoxy groups -OCH3 is 1. The van der Waals surface area contributed by atoms with Gasteiger partial charge in [0.05, 0.1) is 0 Å². The van der Waals surface area contributed by atoms with E-state index in [2.05, 4.69) is 6.92 Å². The lowest BCUT2D eigenvalue weighted by Gasteiger charge is -2.56. The van der Waals surface area contributed by atoms with Gasteiger partial charge in [0.25, 0.3) is 0 Å². The molecule has 0 aromatic rings. The van der Waals surface area contributed by atoms with Gasteiger partial charge in [-0.15, -0.1) is 0 Å². The van der Waals surface area contributed by atoms with Gasteiger partial charge in [0.1, 0.15) is 11.7 Å². The number of amides is 1. The normalized spacial score (nSPS) is 34.0. The number of likely N-dealkylation sites (tertiary alicyclic amines) is 1. The lowest BCUT2D eigenvalue weighted by molar-refractivity contribution is -0.163. The van der Waals surface area contributed by atoms with Crippen LogP contribution >= 0.6 is 0 Å². The first-order valence-corrected chi connectivity index (χ1v) is 8.46. The number of Topliss-reactive ketones (excluding diaryl/α,β-unsaturated/α-hetero) is 1. The predicted molar refractivity (Wildman–Crippen MR) is 88.2 cm³/mol. The zero-order chi connectivity index (χ0) is 17.6. The Hall–Kier alpha value is -1.10. The van der Waals surface area contributed by atoms with Gasteiger partial charge in [0, 0.05) is 25.6 Å². The number of piperidine rings is 1. The number of hydrogen-bond acceptors (Lipinski definition) is 4. The van der Waals surface area contributed by atoms with Gasteiger partial charge in [-0.05, 0) is 44.9 Å². The Bertz CT molecular complexity index is 494. The Kier molecular flexibility index (Phi) is 4.57. The highest BCUT2D eigenvalue weighted by Crippen LogP contribution is 2.53. The first-order valence-electron chi connectivity index (χ1n) is 8.46. The molecule has 1 aliphatic heterocycles. The number of carbonyl (C=O) groups excluding carboxylic acids is 2. The molecule has 0 radical (unpaired) electrons. The zero-order valence-electron chi connectivity index (χ0n) is 15.6. The highest BCUT2D eigenvalue weighted by atomic mass is 16.6. The molecule has 0 bridgehead atoms. The molecule has 1 saturated carbocycles. The van der Waals surface area contributed by atoms with E-state index < -0.39 is 11.0 Å². The van der Waals surface area contributed by atoms with Crippen molar-refractivity contribution >= 4 is 11.9 Å². The highest BCUT2D eigenvalue weighted by molar-refractivity contribution is 5.89. The summed E-state index contributed by atoms with van der Waals surface area (Å²) in [7, 11) is 1.59. The molecule has 3 atom stereocenters. The predicted octanol–water partition coefficient (Wildman–Crippen LogP) is 3.26. The number of rotatable bonds is 1. The Morgan fingerprint density at radius 2 is 1.87 bits per heavy atom. The Labute approximate surface area is 139 Å². The van der Waals surface area contributed by atoms with Crippen molar-refractivity contribution < 1.29 is 19.1 Å². The van der Waals surface area contributed by atoms with Crippen LogP contribution in [0.3, 0.4) is 0 Å². The fraction of sp³-hybridized carbons (Fsp3) is 0.889. The van der Waals surface area contributed by atoms with E-state index in [4.69, 9.17) is 9.47 Å². The monoisotopic (exact) mass is 325 g/mol. The minimum Gasteiger partial charge on any atom is -0.444 e. The molecule has 0 N–H and O–H groups in total. The van der Waals surface area contributed by atoms with Gasteiger partial charge in [-0.3, -0.25) is 4.79 Å². The Balaban J connectivity index is 2.21. The van der Waals surface area contributed by atoms with Gasteiger partial charge >= 0.3 is 6.09 Å². The van der Waals surface area contributed by atoms with Crippen LogP contribution in [0.1, 0.15) is 54.4 Å². The molecular formula is C18H31NO4. The topological polar surface area (TPSA) is 55.8 Å². The van der Waals surface area contributed by atoms with Crippen molar-refractivity contribution in [3.05, 3.63) is 0 Å². The van der Waals surface area contributed by atoms with E-state index in [0.717, 1.165) is 6.42 Å². The van der Waals surface area contributed by atoms with E-state index in [9.17, 15) is 9.59 Å². The van der Waals surface area contributed by atoms with Crippen molar-refractivity contribution in [3.63, 3.8) is 0 Å². The van der Waals surface area contributed by atoms with Gasteiger partial charge in [0.2, 0.25) is 0 Å². The summed E-state index contributed by atoms with van der Waals surface area (Å²) in [5, 5.41) is 0. The molecule has 23 heavy (non-hydrogen) atoms. The average Bonchev–Trinajstić information content (AvgIpc) is 2.40. The minimum atomic E-state index is -0.494. The van der Waals surface area contributed by atoms with Gasteiger partial charge in [-0.25, -0.2) is 4.79 Å². The largest absolute Gasteiger partial charge is 0.444 e. The number of carbonyl (C=O) groups is 2. The summed E-state index contributed by atoms with van der Waals surface area (Å²) >= 11 is 0. The maximum Gasteiger partial charge on any atom is 0.410 e. The summed E-state index contributed by atoms with van der Waals surface area (Å²) in [5.41, 5.74) is -1.05. The fourth-order valence-corrected chi connectivity index (χ4v) is 4.47. The molecule has 0 aromatic heterocycles. The molecule has 1 heterocycles. The summed E-state index contributed by atoms with van der Waals surface area (Å²) in [6.07, 6.45) is 0.839. The van der Waals surface area contributed by atoms with Gasteiger partial charge in [0.15, 0.2) is 5.78 Å². The summed E-state index contributed by atoms with van der Waals surface area (Å²) in [6, 6.07) is 0. The highest BCUT2D eigenvalue weighted by Gasteiger charge is 2.57. The maximum atomic E-state index is 12.6. The minimum absolute atomic E-state index is 0.132. The zero-order valence-corrected chi connectivity index (χ0v) is 15.6. The van der Waals surface area contributed by atoms with Crippen LogP contribution in [0.5, 0.6) is 0 Å². The van der Waals surface area contributed by atoms with Crippen molar-refractivity contribution in [2.45, 2.75) is 66.1 Å². The summed E-state index contributed by atoms with van der Waals surface area (Å²) in [5.74, 6) is 0.445.